The van der Waals surface area contributed by atoms with Crippen molar-refractivity contribution in [3.05, 3.63) is 101 Å². The van der Waals surface area contributed by atoms with E-state index in [9.17, 15) is 4.79 Å². The van der Waals surface area contributed by atoms with Gasteiger partial charge in [0.1, 0.15) is 0 Å². The summed E-state index contributed by atoms with van der Waals surface area (Å²) >= 11 is 1.79. The van der Waals surface area contributed by atoms with Gasteiger partial charge in [0.2, 0.25) is 0 Å². The van der Waals surface area contributed by atoms with Crippen LogP contribution in [-0.2, 0) is 17.8 Å². The van der Waals surface area contributed by atoms with Gasteiger partial charge in [0.15, 0.2) is 0 Å². The molecule has 0 atom stereocenters. The van der Waals surface area contributed by atoms with Crippen molar-refractivity contribution in [2.75, 3.05) is 5.32 Å². The van der Waals surface area contributed by atoms with Gasteiger partial charge in [-0.1, -0.05) is 60.7 Å². The van der Waals surface area contributed by atoms with Gasteiger partial charge >= 0.3 is 5.97 Å². The van der Waals surface area contributed by atoms with Gasteiger partial charge in [-0.3, -0.25) is 4.79 Å². The van der Waals surface area contributed by atoms with E-state index in [0.29, 0.717) is 6.54 Å². The number of carboxylic acids is 1. The molecule has 0 bridgehead atoms. The zero-order valence-electron chi connectivity index (χ0n) is 16.8. The van der Waals surface area contributed by atoms with Crippen molar-refractivity contribution in [3.63, 3.8) is 0 Å². The van der Waals surface area contributed by atoms with Crippen molar-refractivity contribution in [2.45, 2.75) is 13.0 Å². The summed E-state index contributed by atoms with van der Waals surface area (Å²) in [6.07, 6.45) is 0.0352. The second kappa shape index (κ2) is 8.25. The number of nitrogens with one attached hydrogen (secondary N) is 1. The molecule has 4 aromatic carbocycles. The smallest absolute Gasteiger partial charge is 0.307 e. The average molecular weight is 424 g/mol. The highest BCUT2D eigenvalue weighted by molar-refractivity contribution is 7.19. The van der Waals surface area contributed by atoms with E-state index in [2.05, 4.69) is 72.0 Å². The van der Waals surface area contributed by atoms with E-state index in [1.165, 1.54) is 36.9 Å². The molecular weight excluding hydrogens is 402 g/mol. The Morgan fingerprint density at radius 3 is 2.55 bits per heavy atom. The first kappa shape index (κ1) is 19.3. The third-order valence-corrected chi connectivity index (χ3v) is 6.52. The number of rotatable bonds is 6. The van der Waals surface area contributed by atoms with Gasteiger partial charge in [-0.25, -0.2) is 0 Å². The summed E-state index contributed by atoms with van der Waals surface area (Å²) in [5.41, 5.74) is 4.20. The quantitative estimate of drug-likeness (QED) is 0.310. The van der Waals surface area contributed by atoms with E-state index >= 15 is 0 Å². The van der Waals surface area contributed by atoms with E-state index in [-0.39, 0.29) is 6.42 Å². The number of fused-ring (bicyclic) bond motifs is 2. The summed E-state index contributed by atoms with van der Waals surface area (Å²) in [4.78, 5) is 12.2. The lowest BCUT2D eigenvalue weighted by molar-refractivity contribution is -0.136. The molecule has 0 radical (unpaired) electrons. The lowest BCUT2D eigenvalue weighted by Gasteiger charge is -2.06. The van der Waals surface area contributed by atoms with Crippen LogP contribution in [0.25, 0.3) is 32.0 Å². The molecular formula is C27H21NO2S. The molecule has 0 amide bonds. The molecule has 1 aromatic heterocycles. The van der Waals surface area contributed by atoms with Crippen molar-refractivity contribution in [3.8, 4) is 11.1 Å². The standard InChI is InChI=1S/C27H21NO2S/c29-27(30)14-18-5-3-8-22(13-18)28-17-23-16-25-24(9-4-10-26(25)31-23)21-12-11-19-6-1-2-7-20(19)15-21/h1-13,15-16,28H,14,17H2,(H,29,30). The van der Waals surface area contributed by atoms with Crippen LogP contribution in [-0.4, -0.2) is 11.1 Å². The molecule has 4 heteroatoms. The molecule has 0 aliphatic heterocycles. The second-order valence-corrected chi connectivity index (χ2v) is 8.78. The van der Waals surface area contributed by atoms with Gasteiger partial charge in [0.05, 0.1) is 6.42 Å². The van der Waals surface area contributed by atoms with Crippen LogP contribution in [0.15, 0.2) is 91.0 Å². The number of thiophene rings is 1. The topological polar surface area (TPSA) is 49.3 Å². The highest BCUT2D eigenvalue weighted by Gasteiger charge is 2.09. The molecule has 152 valence electrons. The minimum absolute atomic E-state index is 0.0352. The van der Waals surface area contributed by atoms with Gasteiger partial charge in [-0.15, -0.1) is 11.3 Å². The molecule has 5 rings (SSSR count). The Kier molecular flexibility index (Phi) is 5.14. The van der Waals surface area contributed by atoms with Gasteiger partial charge in [0, 0.05) is 27.2 Å². The molecule has 0 aliphatic carbocycles. The second-order valence-electron chi connectivity index (χ2n) is 7.62. The van der Waals surface area contributed by atoms with Crippen molar-refractivity contribution in [1.82, 2.24) is 0 Å². The molecule has 0 aliphatic rings. The van der Waals surface area contributed by atoms with Crippen molar-refractivity contribution < 1.29 is 9.90 Å². The highest BCUT2D eigenvalue weighted by atomic mass is 32.1. The van der Waals surface area contributed by atoms with E-state index in [4.69, 9.17) is 5.11 Å². The maximum absolute atomic E-state index is 11.0. The van der Waals surface area contributed by atoms with Crippen molar-refractivity contribution >= 4 is 43.9 Å². The Bertz CT molecular complexity index is 1400. The molecule has 0 unspecified atom stereocenters. The highest BCUT2D eigenvalue weighted by Crippen LogP contribution is 2.35. The number of hydrogen-bond acceptors (Lipinski definition) is 3. The van der Waals surface area contributed by atoms with Gasteiger partial charge < -0.3 is 10.4 Å². The van der Waals surface area contributed by atoms with E-state index in [1.807, 2.05) is 24.3 Å². The molecule has 31 heavy (non-hydrogen) atoms. The van der Waals surface area contributed by atoms with Gasteiger partial charge in [-0.2, -0.15) is 0 Å². The maximum atomic E-state index is 11.0. The summed E-state index contributed by atoms with van der Waals surface area (Å²) in [7, 11) is 0. The van der Waals surface area contributed by atoms with E-state index in [1.54, 1.807) is 11.3 Å². The number of benzene rings is 4. The first-order chi connectivity index (χ1) is 15.2. The fourth-order valence-corrected chi connectivity index (χ4v) is 4.99. The third-order valence-electron chi connectivity index (χ3n) is 5.42. The Hall–Kier alpha value is -3.63. The normalized spacial score (nSPS) is 11.1. The molecule has 0 saturated heterocycles. The molecule has 5 aromatic rings. The van der Waals surface area contributed by atoms with Crippen LogP contribution in [0.5, 0.6) is 0 Å². The van der Waals surface area contributed by atoms with Crippen LogP contribution in [0.2, 0.25) is 0 Å². The van der Waals surface area contributed by atoms with Crippen molar-refractivity contribution in [1.29, 1.82) is 0 Å². The summed E-state index contributed by atoms with van der Waals surface area (Å²) in [5, 5.41) is 16.2. The Labute approximate surface area is 184 Å². The monoisotopic (exact) mass is 423 g/mol. The summed E-state index contributed by atoms with van der Waals surface area (Å²) in [6.45, 7) is 0.701. The number of hydrogen-bond donors (Lipinski definition) is 2. The van der Waals surface area contributed by atoms with Crippen molar-refractivity contribution in [2.24, 2.45) is 0 Å². The Balaban J connectivity index is 1.42. The zero-order chi connectivity index (χ0) is 21.2. The Morgan fingerprint density at radius 2 is 1.68 bits per heavy atom. The fourth-order valence-electron chi connectivity index (χ4n) is 3.96. The van der Waals surface area contributed by atoms with Gasteiger partial charge in [-0.05, 0) is 57.8 Å². The number of carbonyl (C=O) groups is 1. The minimum atomic E-state index is -0.817. The van der Waals surface area contributed by atoms with Crippen LogP contribution < -0.4 is 5.32 Å². The SMILES string of the molecule is O=C(O)Cc1cccc(NCc2cc3c(-c4ccc5ccccc5c4)cccc3s2)c1. The van der Waals surface area contributed by atoms with E-state index in [0.717, 1.165) is 11.3 Å². The molecule has 0 saturated carbocycles. The molecule has 1 heterocycles. The predicted octanol–water partition coefficient (Wildman–Crippen LogP) is 6.96. The fraction of sp³-hybridized carbons (Fsp3) is 0.0741. The van der Waals surface area contributed by atoms with Crippen LogP contribution >= 0.6 is 11.3 Å². The first-order valence-corrected chi connectivity index (χ1v) is 11.0. The summed E-state index contributed by atoms with van der Waals surface area (Å²) < 4.78 is 1.27. The lowest BCUT2D eigenvalue weighted by atomic mass is 9.99. The average Bonchev–Trinajstić information content (AvgIpc) is 3.20. The maximum Gasteiger partial charge on any atom is 0.307 e. The van der Waals surface area contributed by atoms with Crippen LogP contribution in [0, 0.1) is 0 Å². The minimum Gasteiger partial charge on any atom is -0.481 e. The van der Waals surface area contributed by atoms with Gasteiger partial charge in [0.25, 0.3) is 0 Å². The molecule has 2 N–H and O–H groups in total. The first-order valence-electron chi connectivity index (χ1n) is 10.2. The van der Waals surface area contributed by atoms with Crippen LogP contribution in [0.4, 0.5) is 5.69 Å². The van der Waals surface area contributed by atoms with Crippen LogP contribution in [0.1, 0.15) is 10.4 Å². The summed E-state index contributed by atoms with van der Waals surface area (Å²) in [6, 6.07) is 31.4. The number of anilines is 1. The summed E-state index contributed by atoms with van der Waals surface area (Å²) in [5.74, 6) is -0.817. The van der Waals surface area contributed by atoms with Crippen LogP contribution in [0.3, 0.4) is 0 Å². The Morgan fingerprint density at radius 1 is 0.839 bits per heavy atom. The number of aliphatic carboxylic acids is 1. The number of carboxylic acid groups (broad SMARTS) is 1. The molecule has 0 spiro atoms. The lowest BCUT2D eigenvalue weighted by Crippen LogP contribution is -2.02. The largest absolute Gasteiger partial charge is 0.481 e. The predicted molar refractivity (Wildman–Crippen MR) is 130 cm³/mol. The molecule has 0 fully saturated rings. The zero-order valence-corrected chi connectivity index (χ0v) is 17.7. The van der Waals surface area contributed by atoms with E-state index < -0.39 is 5.97 Å². The third kappa shape index (κ3) is 4.16. The molecule has 3 nitrogen and oxygen atoms in total.